The van der Waals surface area contributed by atoms with Gasteiger partial charge >= 0.3 is 6.09 Å². The number of hydrogen-bond donors (Lipinski definition) is 3. The Morgan fingerprint density at radius 3 is 2.88 bits per heavy atom. The maximum absolute atomic E-state index is 10.4. The Bertz CT molecular complexity index is 328. The van der Waals surface area contributed by atoms with Crippen molar-refractivity contribution in [3.63, 3.8) is 0 Å². The minimum atomic E-state index is -0.822. The quantitative estimate of drug-likeness (QED) is 0.606. The molecule has 0 fully saturated rings. The molecule has 1 heterocycles. The van der Waals surface area contributed by atoms with E-state index >= 15 is 0 Å². The second-order valence-electron chi connectivity index (χ2n) is 3.69. The molecule has 1 rings (SSSR count). The normalized spacial score (nSPS) is 14.2. The summed E-state index contributed by atoms with van der Waals surface area (Å²) in [5, 5.41) is 18.2. The Morgan fingerprint density at radius 1 is 1.59 bits per heavy atom. The van der Waals surface area contributed by atoms with Crippen molar-refractivity contribution < 1.29 is 19.7 Å². The molecule has 7 heteroatoms. The van der Waals surface area contributed by atoms with Crippen molar-refractivity contribution in [1.82, 2.24) is 9.55 Å². The number of aliphatic hydroxyl groups is 2. The maximum atomic E-state index is 10.4. The van der Waals surface area contributed by atoms with Gasteiger partial charge in [-0.1, -0.05) is 0 Å². The van der Waals surface area contributed by atoms with Gasteiger partial charge in [-0.25, -0.2) is 9.78 Å². The van der Waals surface area contributed by atoms with Crippen LogP contribution in [0.1, 0.15) is 18.9 Å². The summed E-state index contributed by atoms with van der Waals surface area (Å²) in [7, 11) is 0. The fourth-order valence-electron chi connectivity index (χ4n) is 1.56. The van der Waals surface area contributed by atoms with E-state index in [0.29, 0.717) is 12.8 Å². The molecule has 0 saturated carbocycles. The van der Waals surface area contributed by atoms with Crippen LogP contribution < -0.4 is 5.73 Å². The summed E-state index contributed by atoms with van der Waals surface area (Å²) >= 11 is 0. The number of rotatable bonds is 7. The Morgan fingerprint density at radius 2 is 2.35 bits per heavy atom. The van der Waals surface area contributed by atoms with Gasteiger partial charge < -0.3 is 25.3 Å². The Labute approximate surface area is 98.8 Å². The minimum absolute atomic E-state index is 0.0981. The molecule has 1 aromatic rings. The van der Waals surface area contributed by atoms with Crippen molar-refractivity contribution in [3.8, 4) is 0 Å². The van der Waals surface area contributed by atoms with E-state index in [2.05, 4.69) is 9.72 Å². The van der Waals surface area contributed by atoms with Crippen molar-refractivity contribution in [2.75, 3.05) is 13.2 Å². The fraction of sp³-hybridized carbons (Fsp3) is 0.600. The van der Waals surface area contributed by atoms with Gasteiger partial charge in [0.25, 0.3) is 0 Å². The molecular weight excluding hydrogens is 226 g/mol. The molecule has 0 bridgehead atoms. The molecule has 0 aliphatic heterocycles. The Balaban J connectivity index is 2.50. The van der Waals surface area contributed by atoms with Crippen molar-refractivity contribution in [2.45, 2.75) is 25.0 Å². The molecule has 17 heavy (non-hydrogen) atoms. The van der Waals surface area contributed by atoms with E-state index in [9.17, 15) is 9.90 Å². The van der Waals surface area contributed by atoms with Crippen molar-refractivity contribution >= 4 is 6.09 Å². The lowest BCUT2D eigenvalue weighted by atomic mass is 10.1. The smallest absolute Gasteiger partial charge is 0.404 e. The number of aliphatic hydroxyl groups excluding tert-OH is 2. The van der Waals surface area contributed by atoms with E-state index in [1.54, 1.807) is 23.3 Å². The Hall–Kier alpha value is -1.60. The van der Waals surface area contributed by atoms with E-state index in [0.717, 1.165) is 0 Å². The molecule has 1 aromatic heterocycles. The van der Waals surface area contributed by atoms with Crippen LogP contribution in [-0.2, 0) is 4.74 Å². The molecule has 0 aromatic carbocycles. The van der Waals surface area contributed by atoms with Crippen LogP contribution in [0.3, 0.4) is 0 Å². The lowest BCUT2D eigenvalue weighted by molar-refractivity contribution is 0.0699. The molecule has 1 amide bonds. The highest BCUT2D eigenvalue weighted by atomic mass is 16.5. The van der Waals surface area contributed by atoms with Gasteiger partial charge in [0.1, 0.15) is 0 Å². The highest BCUT2D eigenvalue weighted by Gasteiger charge is 2.15. The number of aromatic nitrogens is 2. The molecule has 0 spiro atoms. The van der Waals surface area contributed by atoms with Crippen LogP contribution in [0.5, 0.6) is 0 Å². The number of amides is 1. The summed E-state index contributed by atoms with van der Waals surface area (Å²) in [6.07, 6.45) is 4.20. The highest BCUT2D eigenvalue weighted by molar-refractivity contribution is 5.64. The SMILES string of the molecule is NC(=O)OCCC(CC(O)CO)n1ccnc1. The van der Waals surface area contributed by atoms with Crippen molar-refractivity contribution in [2.24, 2.45) is 5.73 Å². The summed E-state index contributed by atoms with van der Waals surface area (Å²) in [5.74, 6) is 0. The second-order valence-corrected chi connectivity index (χ2v) is 3.69. The molecule has 96 valence electrons. The van der Waals surface area contributed by atoms with Gasteiger partial charge in [0, 0.05) is 24.9 Å². The number of hydrogen-bond acceptors (Lipinski definition) is 5. The number of carbonyl (C=O) groups is 1. The molecule has 2 atom stereocenters. The summed E-state index contributed by atoms with van der Waals surface area (Å²) < 4.78 is 6.44. The number of carbonyl (C=O) groups excluding carboxylic acids is 1. The average Bonchev–Trinajstić information content (AvgIpc) is 2.80. The predicted octanol–water partition coefficient (Wildman–Crippen LogP) is -0.347. The zero-order valence-corrected chi connectivity index (χ0v) is 9.40. The highest BCUT2D eigenvalue weighted by Crippen LogP contribution is 2.18. The topological polar surface area (TPSA) is 111 Å². The average molecular weight is 243 g/mol. The number of imidazole rings is 1. The monoisotopic (exact) mass is 243 g/mol. The number of primary amides is 1. The molecule has 0 aliphatic rings. The number of nitrogens with two attached hydrogens (primary N) is 1. The van der Waals surface area contributed by atoms with E-state index in [4.69, 9.17) is 10.8 Å². The van der Waals surface area contributed by atoms with Crippen LogP contribution in [0.4, 0.5) is 4.79 Å². The zero-order valence-electron chi connectivity index (χ0n) is 9.40. The van der Waals surface area contributed by atoms with Gasteiger partial charge in [0.2, 0.25) is 0 Å². The van der Waals surface area contributed by atoms with Crippen LogP contribution in [0.15, 0.2) is 18.7 Å². The van der Waals surface area contributed by atoms with E-state index in [1.165, 1.54) is 0 Å². The second kappa shape index (κ2) is 6.87. The minimum Gasteiger partial charge on any atom is -0.450 e. The molecule has 7 nitrogen and oxygen atoms in total. The molecule has 2 unspecified atom stereocenters. The first-order chi connectivity index (χ1) is 8.13. The van der Waals surface area contributed by atoms with E-state index in [1.807, 2.05) is 0 Å². The third-order valence-electron chi connectivity index (χ3n) is 2.40. The summed E-state index contributed by atoms with van der Waals surface area (Å²) in [5.41, 5.74) is 4.86. The van der Waals surface area contributed by atoms with E-state index in [-0.39, 0.29) is 19.3 Å². The van der Waals surface area contributed by atoms with Gasteiger partial charge in [0.15, 0.2) is 0 Å². The molecule has 0 aliphatic carbocycles. The largest absolute Gasteiger partial charge is 0.450 e. The lowest BCUT2D eigenvalue weighted by Gasteiger charge is -2.20. The van der Waals surface area contributed by atoms with Crippen LogP contribution in [0.25, 0.3) is 0 Å². The predicted molar refractivity (Wildman–Crippen MR) is 59.1 cm³/mol. The molecular formula is C10H17N3O4. The maximum Gasteiger partial charge on any atom is 0.404 e. The van der Waals surface area contributed by atoms with E-state index < -0.39 is 12.2 Å². The summed E-state index contributed by atoms with van der Waals surface area (Å²) in [4.78, 5) is 14.3. The van der Waals surface area contributed by atoms with Crippen molar-refractivity contribution in [3.05, 3.63) is 18.7 Å². The Kier molecular flexibility index (Phi) is 5.44. The van der Waals surface area contributed by atoms with Gasteiger partial charge in [-0.15, -0.1) is 0 Å². The first kappa shape index (κ1) is 13.5. The third kappa shape index (κ3) is 4.83. The third-order valence-corrected chi connectivity index (χ3v) is 2.40. The summed E-state index contributed by atoms with van der Waals surface area (Å²) in [6.45, 7) is -0.141. The van der Waals surface area contributed by atoms with Crippen LogP contribution >= 0.6 is 0 Å². The fourth-order valence-corrected chi connectivity index (χ4v) is 1.56. The van der Waals surface area contributed by atoms with Crippen LogP contribution in [0, 0.1) is 0 Å². The first-order valence-electron chi connectivity index (χ1n) is 5.32. The number of ether oxygens (including phenoxy) is 1. The molecule has 4 N–H and O–H groups in total. The van der Waals surface area contributed by atoms with Crippen molar-refractivity contribution in [1.29, 1.82) is 0 Å². The zero-order chi connectivity index (χ0) is 12.7. The van der Waals surface area contributed by atoms with Gasteiger partial charge in [-0.3, -0.25) is 0 Å². The molecule has 0 saturated heterocycles. The van der Waals surface area contributed by atoms with Gasteiger partial charge in [-0.2, -0.15) is 0 Å². The van der Waals surface area contributed by atoms with Gasteiger partial charge in [0.05, 0.1) is 25.6 Å². The summed E-state index contributed by atoms with van der Waals surface area (Å²) in [6, 6.07) is -0.0981. The van der Waals surface area contributed by atoms with Crippen LogP contribution in [-0.4, -0.2) is 45.2 Å². The number of nitrogens with zero attached hydrogens (tertiary/aromatic N) is 2. The standard InChI is InChI=1S/C10H17N3O4/c11-10(16)17-4-1-8(5-9(15)6-14)13-3-2-12-7-13/h2-3,7-9,14-15H,1,4-6H2,(H2,11,16). The lowest BCUT2D eigenvalue weighted by Crippen LogP contribution is -2.22. The first-order valence-corrected chi connectivity index (χ1v) is 5.32. The molecule has 0 radical (unpaired) electrons. The van der Waals surface area contributed by atoms with Crippen LogP contribution in [0.2, 0.25) is 0 Å². The van der Waals surface area contributed by atoms with Gasteiger partial charge in [-0.05, 0) is 6.42 Å².